The number of urea groups is 1. The third kappa shape index (κ3) is 13.1. The van der Waals surface area contributed by atoms with Crippen LogP contribution in [0.1, 0.15) is 81.9 Å². The monoisotopic (exact) mass is 846 g/mol. The summed E-state index contributed by atoms with van der Waals surface area (Å²) in [6, 6.07) is 11.4. The third-order valence-electron chi connectivity index (χ3n) is 12.7. The second-order valence-electron chi connectivity index (χ2n) is 17.8. The highest BCUT2D eigenvalue weighted by Crippen LogP contribution is 2.26. The number of H-pyrrole nitrogens is 1. The number of carbonyl (C=O) groups excluding carboxylic acids is 4. The van der Waals surface area contributed by atoms with Crippen LogP contribution < -0.4 is 11.1 Å². The zero-order valence-corrected chi connectivity index (χ0v) is 36.9. The number of amides is 4. The standard InChI is InChI=1S/C32H39N5O6.C14H28N2O2/c1-20-7-12-35(13-8-20)29(38)27(19-22-17-21(2)28-26(18-22)42-31(40)34-28)43-32(41)36-14-10-24(11-15-36)37-16-9-23-5-3-4-6-25(23)33-30(37)39;1-13-5-9-16(10-6-13)11-7-14(17)18-12-4-8-15(2)3/h3-6,17-18,20,24,27H,7-16,19H2,1-2H3,(H,33,39)(H,34,40);13H,4-12H2,1-3H3/t27-;/m1./s1. The summed E-state index contributed by atoms with van der Waals surface area (Å²) in [5.41, 5.74) is 4.55. The first kappa shape index (κ1) is 45.6. The Labute approximate surface area is 360 Å². The number of carbonyl (C=O) groups is 4. The molecule has 3 aromatic rings. The molecule has 5 heterocycles. The van der Waals surface area contributed by atoms with E-state index in [1.54, 1.807) is 15.9 Å². The van der Waals surface area contributed by atoms with E-state index < -0.39 is 18.0 Å². The van der Waals surface area contributed by atoms with E-state index in [0.29, 0.717) is 75.6 Å². The fraction of sp³-hybridized carbons (Fsp3) is 0.630. The fourth-order valence-corrected chi connectivity index (χ4v) is 8.71. The van der Waals surface area contributed by atoms with Crippen LogP contribution in [0, 0.1) is 18.8 Å². The van der Waals surface area contributed by atoms with Gasteiger partial charge in [-0.15, -0.1) is 0 Å². The number of benzene rings is 2. The van der Waals surface area contributed by atoms with Gasteiger partial charge in [-0.1, -0.05) is 38.1 Å². The molecule has 4 amide bonds. The summed E-state index contributed by atoms with van der Waals surface area (Å²) in [7, 11) is 4.05. The highest BCUT2D eigenvalue weighted by Gasteiger charge is 2.35. The summed E-state index contributed by atoms with van der Waals surface area (Å²) >= 11 is 0. The Morgan fingerprint density at radius 3 is 2.26 bits per heavy atom. The Morgan fingerprint density at radius 2 is 1.56 bits per heavy atom. The molecule has 1 aromatic heterocycles. The van der Waals surface area contributed by atoms with Gasteiger partial charge in [0, 0.05) is 64.0 Å². The van der Waals surface area contributed by atoms with Crippen molar-refractivity contribution in [1.82, 2.24) is 29.5 Å². The molecule has 1 atom stereocenters. The molecule has 0 bridgehead atoms. The number of para-hydroxylation sites is 1. The number of aryl methyl sites for hydroxylation is 1. The van der Waals surface area contributed by atoms with Gasteiger partial charge in [0.25, 0.3) is 5.91 Å². The number of piperidine rings is 3. The smallest absolute Gasteiger partial charge is 0.417 e. The predicted octanol–water partition coefficient (Wildman–Crippen LogP) is 5.89. The van der Waals surface area contributed by atoms with E-state index >= 15 is 0 Å². The van der Waals surface area contributed by atoms with Gasteiger partial charge < -0.3 is 43.7 Å². The van der Waals surface area contributed by atoms with Crippen LogP contribution in [0.2, 0.25) is 0 Å². The molecule has 0 unspecified atom stereocenters. The number of anilines is 1. The van der Waals surface area contributed by atoms with Crippen molar-refractivity contribution in [2.24, 2.45) is 11.8 Å². The Kier molecular flexibility index (Phi) is 16.3. The number of aromatic nitrogens is 1. The first-order valence-electron chi connectivity index (χ1n) is 22.4. The lowest BCUT2D eigenvalue weighted by atomic mass is 9.98. The molecular weight excluding hydrogens is 779 g/mol. The molecule has 2 N–H and O–H groups in total. The van der Waals surface area contributed by atoms with E-state index in [4.69, 9.17) is 13.9 Å². The number of hydrogen-bond donors (Lipinski definition) is 2. The molecule has 3 saturated heterocycles. The number of fused-ring (bicyclic) bond motifs is 2. The number of nitrogens with one attached hydrogen (secondary N) is 2. The summed E-state index contributed by atoms with van der Waals surface area (Å²) < 4.78 is 16.4. The zero-order chi connectivity index (χ0) is 43.5. The van der Waals surface area contributed by atoms with Crippen molar-refractivity contribution in [3.05, 3.63) is 63.6 Å². The predicted molar refractivity (Wildman–Crippen MR) is 235 cm³/mol. The molecule has 15 nitrogen and oxygen atoms in total. The van der Waals surface area contributed by atoms with Crippen molar-refractivity contribution in [2.75, 3.05) is 84.9 Å². The number of esters is 1. The van der Waals surface area contributed by atoms with Crippen LogP contribution in [0.5, 0.6) is 0 Å². The normalized spacial score (nSPS) is 18.9. The Balaban J connectivity index is 0.000000291. The molecule has 4 aliphatic heterocycles. The SMILES string of the molecule is CC1CCN(CCC(=O)OCCCN(C)C)CC1.Cc1cc(C[C@@H](OC(=O)N2CCC(N3CCc4ccccc4NC3=O)CC2)C(=O)N2CCC(C)CC2)cc2oc(=O)[nH]c12. The van der Waals surface area contributed by atoms with Gasteiger partial charge in [-0.3, -0.25) is 14.6 Å². The van der Waals surface area contributed by atoms with Crippen LogP contribution in [0.3, 0.4) is 0 Å². The number of aromatic amines is 1. The maximum absolute atomic E-state index is 13.7. The third-order valence-corrected chi connectivity index (χ3v) is 12.7. The zero-order valence-electron chi connectivity index (χ0n) is 36.9. The van der Waals surface area contributed by atoms with Crippen LogP contribution in [-0.2, 0) is 31.9 Å². The van der Waals surface area contributed by atoms with Gasteiger partial charge in [0.1, 0.15) is 0 Å². The molecule has 4 aliphatic rings. The van der Waals surface area contributed by atoms with Crippen molar-refractivity contribution in [3.8, 4) is 0 Å². The number of likely N-dealkylation sites (tertiary alicyclic amines) is 3. The first-order valence-corrected chi connectivity index (χ1v) is 22.4. The maximum atomic E-state index is 13.7. The van der Waals surface area contributed by atoms with Crippen molar-refractivity contribution >= 4 is 40.8 Å². The van der Waals surface area contributed by atoms with Crippen LogP contribution in [-0.4, -0.2) is 145 Å². The molecule has 0 aliphatic carbocycles. The van der Waals surface area contributed by atoms with Crippen molar-refractivity contribution in [1.29, 1.82) is 0 Å². The molecule has 0 spiro atoms. The maximum Gasteiger partial charge on any atom is 0.417 e. The molecule has 15 heteroatoms. The van der Waals surface area contributed by atoms with Crippen molar-refractivity contribution in [2.45, 2.75) is 97.1 Å². The lowest BCUT2D eigenvalue weighted by Gasteiger charge is -2.38. The van der Waals surface area contributed by atoms with Crippen LogP contribution in [0.4, 0.5) is 15.3 Å². The largest absolute Gasteiger partial charge is 0.466 e. The summed E-state index contributed by atoms with van der Waals surface area (Å²) in [5.74, 6) is 0.603. The van der Waals surface area contributed by atoms with Gasteiger partial charge >= 0.3 is 23.8 Å². The van der Waals surface area contributed by atoms with E-state index in [1.165, 1.54) is 12.8 Å². The molecule has 0 radical (unpaired) electrons. The van der Waals surface area contributed by atoms with Crippen LogP contribution >= 0.6 is 0 Å². The van der Waals surface area contributed by atoms with Gasteiger partial charge in [0.2, 0.25) is 0 Å². The minimum Gasteiger partial charge on any atom is -0.466 e. The van der Waals surface area contributed by atoms with Gasteiger partial charge in [0.05, 0.1) is 18.5 Å². The molecule has 3 fully saturated rings. The topological polar surface area (TPSA) is 161 Å². The molecule has 61 heavy (non-hydrogen) atoms. The summed E-state index contributed by atoms with van der Waals surface area (Å²) in [6.45, 7) is 13.7. The Morgan fingerprint density at radius 1 is 0.885 bits per heavy atom. The molecule has 0 saturated carbocycles. The number of oxazole rings is 1. The van der Waals surface area contributed by atoms with Crippen molar-refractivity contribution in [3.63, 3.8) is 0 Å². The molecule has 334 valence electrons. The van der Waals surface area contributed by atoms with Gasteiger partial charge in [-0.25, -0.2) is 14.4 Å². The number of hydrogen-bond acceptors (Lipinski definition) is 10. The van der Waals surface area contributed by atoms with Crippen LogP contribution in [0.15, 0.2) is 45.6 Å². The lowest BCUT2D eigenvalue weighted by Crippen LogP contribution is -2.51. The van der Waals surface area contributed by atoms with Gasteiger partial charge in [0.15, 0.2) is 11.7 Å². The Hall–Kier alpha value is -4.89. The van der Waals surface area contributed by atoms with E-state index in [-0.39, 0.29) is 30.4 Å². The summed E-state index contributed by atoms with van der Waals surface area (Å²) in [4.78, 5) is 75.9. The number of ether oxygens (including phenoxy) is 2. The van der Waals surface area contributed by atoms with Gasteiger partial charge in [-0.05, 0) is 126 Å². The molecular formula is C46H67N7O8. The minimum atomic E-state index is -1.00. The average Bonchev–Trinajstić information content (AvgIpc) is 3.54. The van der Waals surface area contributed by atoms with Crippen molar-refractivity contribution < 1.29 is 33.1 Å². The second-order valence-corrected chi connectivity index (χ2v) is 17.8. The number of rotatable bonds is 12. The molecule has 2 aromatic carbocycles. The highest BCUT2D eigenvalue weighted by molar-refractivity contribution is 5.91. The highest BCUT2D eigenvalue weighted by atomic mass is 16.6. The summed E-state index contributed by atoms with van der Waals surface area (Å²) in [5, 5.41) is 3.03. The van der Waals surface area contributed by atoms with E-state index in [9.17, 15) is 24.0 Å². The second kappa shape index (κ2) is 21.8. The average molecular weight is 846 g/mol. The minimum absolute atomic E-state index is 0.0110. The van der Waals surface area contributed by atoms with Gasteiger partial charge in [-0.2, -0.15) is 0 Å². The Bertz CT molecular complexity index is 1990. The van der Waals surface area contributed by atoms with E-state index in [1.807, 2.05) is 56.3 Å². The van der Waals surface area contributed by atoms with E-state index in [0.717, 1.165) is 80.2 Å². The van der Waals surface area contributed by atoms with Crippen LogP contribution in [0.25, 0.3) is 11.1 Å². The van der Waals surface area contributed by atoms with E-state index in [2.05, 4.69) is 33.9 Å². The lowest BCUT2D eigenvalue weighted by molar-refractivity contribution is -0.144. The fourth-order valence-electron chi connectivity index (χ4n) is 8.71. The first-order chi connectivity index (χ1) is 29.3. The summed E-state index contributed by atoms with van der Waals surface area (Å²) in [6.07, 6.45) is 6.47. The quantitative estimate of drug-likeness (QED) is 0.166. The number of nitrogens with zero attached hydrogens (tertiary/aromatic N) is 5. The molecule has 7 rings (SSSR count).